The molecule has 1 saturated carbocycles. The van der Waals surface area contributed by atoms with Gasteiger partial charge in [-0.1, -0.05) is 52.3 Å². The second-order valence-electron chi connectivity index (χ2n) is 11.3. The Morgan fingerprint density at radius 2 is 1.71 bits per heavy atom. The highest BCUT2D eigenvalue weighted by atomic mass is 16.5. The third kappa shape index (κ3) is 9.03. The summed E-state index contributed by atoms with van der Waals surface area (Å²) in [4.78, 5) is 24.5. The Balaban J connectivity index is 2.29. The number of esters is 1. The van der Waals surface area contributed by atoms with Crippen molar-refractivity contribution in [2.45, 2.75) is 97.4 Å². The summed E-state index contributed by atoms with van der Waals surface area (Å²) < 4.78 is 5.81. The molecule has 0 aromatic carbocycles. The maximum atomic E-state index is 12.8. The van der Waals surface area contributed by atoms with Crippen LogP contribution in [0.4, 0.5) is 0 Å². The van der Waals surface area contributed by atoms with Crippen LogP contribution in [-0.4, -0.2) is 52.1 Å². The van der Waals surface area contributed by atoms with Crippen molar-refractivity contribution in [3.05, 3.63) is 23.8 Å². The number of ether oxygens (including phenoxy) is 1. The molecule has 0 spiro atoms. The molecular formula is C28H47NO6. The summed E-state index contributed by atoms with van der Waals surface area (Å²) in [5, 5.41) is 31.2. The average Bonchev–Trinajstić information content (AvgIpc) is 3.27. The first-order chi connectivity index (χ1) is 16.5. The molecule has 1 fully saturated rings. The van der Waals surface area contributed by atoms with Crippen LogP contribution in [0, 0.1) is 35.5 Å². The van der Waals surface area contributed by atoms with Gasteiger partial charge in [-0.2, -0.15) is 0 Å². The van der Waals surface area contributed by atoms with Gasteiger partial charge in [-0.15, -0.1) is 0 Å². The summed E-state index contributed by atoms with van der Waals surface area (Å²) >= 11 is 0. The van der Waals surface area contributed by atoms with Crippen LogP contribution in [0.5, 0.6) is 0 Å². The predicted molar refractivity (Wildman–Crippen MR) is 136 cm³/mol. The predicted octanol–water partition coefficient (Wildman–Crippen LogP) is 4.07. The molecule has 0 radical (unpaired) electrons. The lowest BCUT2D eigenvalue weighted by molar-refractivity contribution is -0.159. The molecule has 0 aromatic heterocycles. The molecule has 7 heteroatoms. The lowest BCUT2D eigenvalue weighted by atomic mass is 9.82. The zero-order chi connectivity index (χ0) is 26.1. The van der Waals surface area contributed by atoms with E-state index < -0.39 is 36.2 Å². The van der Waals surface area contributed by atoms with Crippen molar-refractivity contribution >= 4 is 11.9 Å². The van der Waals surface area contributed by atoms with E-state index in [0.717, 1.165) is 31.3 Å². The van der Waals surface area contributed by atoms with Crippen molar-refractivity contribution < 1.29 is 29.6 Å². The number of aliphatic carboxylic acids is 1. The Morgan fingerprint density at radius 1 is 1.06 bits per heavy atom. The normalized spacial score (nSPS) is 41.2. The van der Waals surface area contributed by atoms with E-state index in [0.29, 0.717) is 31.1 Å². The summed E-state index contributed by atoms with van der Waals surface area (Å²) in [6.07, 6.45) is 8.47. The minimum absolute atomic E-state index is 0.0602. The van der Waals surface area contributed by atoms with Crippen molar-refractivity contribution in [3.63, 3.8) is 0 Å². The van der Waals surface area contributed by atoms with Crippen molar-refractivity contribution in [1.82, 2.24) is 0 Å². The van der Waals surface area contributed by atoms with Gasteiger partial charge in [0.1, 0.15) is 6.10 Å². The maximum Gasteiger partial charge on any atom is 0.308 e. The van der Waals surface area contributed by atoms with Crippen LogP contribution >= 0.6 is 0 Å². The zero-order valence-corrected chi connectivity index (χ0v) is 21.9. The Labute approximate surface area is 210 Å². The molecule has 0 unspecified atom stereocenters. The molecule has 35 heavy (non-hydrogen) atoms. The maximum absolute atomic E-state index is 12.8. The number of cyclic esters (lactones) is 1. The lowest BCUT2D eigenvalue weighted by Crippen LogP contribution is -2.34. The van der Waals surface area contributed by atoms with Crippen molar-refractivity contribution in [2.75, 3.05) is 6.54 Å². The molecule has 1 heterocycles. The average molecular weight is 494 g/mol. The number of carbonyl (C=O) groups is 2. The molecule has 9 atom stereocenters. The van der Waals surface area contributed by atoms with Crippen LogP contribution < -0.4 is 5.73 Å². The molecule has 7 nitrogen and oxygen atoms in total. The molecule has 0 aromatic rings. The van der Waals surface area contributed by atoms with Gasteiger partial charge in [0.2, 0.25) is 0 Å². The number of rotatable bonds is 3. The highest BCUT2D eigenvalue weighted by Gasteiger charge is 2.39. The molecule has 2 rings (SSSR count). The quantitative estimate of drug-likeness (QED) is 0.436. The second-order valence-corrected chi connectivity index (χ2v) is 11.3. The Kier molecular flexibility index (Phi) is 11.9. The van der Waals surface area contributed by atoms with E-state index in [2.05, 4.69) is 13.8 Å². The first kappa shape index (κ1) is 29.5. The number of hydrogen-bond donors (Lipinski definition) is 4. The molecule has 2 aliphatic rings. The highest BCUT2D eigenvalue weighted by Crippen LogP contribution is 2.37. The van der Waals surface area contributed by atoms with Gasteiger partial charge >= 0.3 is 11.9 Å². The van der Waals surface area contributed by atoms with Crippen LogP contribution in [0.2, 0.25) is 0 Å². The molecule has 200 valence electrons. The van der Waals surface area contributed by atoms with Gasteiger partial charge in [0.25, 0.3) is 0 Å². The van der Waals surface area contributed by atoms with Gasteiger partial charge in [-0.3, -0.25) is 9.59 Å². The highest BCUT2D eigenvalue weighted by molar-refractivity contribution is 5.72. The zero-order valence-electron chi connectivity index (χ0n) is 21.9. The fourth-order valence-electron chi connectivity index (χ4n) is 6.13. The number of aliphatic hydroxyl groups is 2. The van der Waals surface area contributed by atoms with Gasteiger partial charge in [0.05, 0.1) is 24.5 Å². The summed E-state index contributed by atoms with van der Waals surface area (Å²) in [5.74, 6) is -1.36. The van der Waals surface area contributed by atoms with Crippen LogP contribution in [-0.2, 0) is 14.3 Å². The van der Waals surface area contributed by atoms with E-state index in [1.165, 1.54) is 0 Å². The fraction of sp³-hybridized carbons (Fsp3) is 0.786. The number of carboxylic acid groups (broad SMARTS) is 1. The van der Waals surface area contributed by atoms with Crippen molar-refractivity contribution in [1.29, 1.82) is 0 Å². The molecule has 0 amide bonds. The Hall–Kier alpha value is -1.70. The Morgan fingerprint density at radius 3 is 2.34 bits per heavy atom. The first-order valence-corrected chi connectivity index (χ1v) is 13.4. The van der Waals surface area contributed by atoms with E-state index in [1.54, 1.807) is 0 Å². The van der Waals surface area contributed by atoms with Crippen LogP contribution in [0.25, 0.3) is 0 Å². The minimum atomic E-state index is -0.855. The summed E-state index contributed by atoms with van der Waals surface area (Å²) in [6, 6.07) is 0. The molecule has 1 aliphatic heterocycles. The molecule has 0 saturated heterocycles. The van der Waals surface area contributed by atoms with Crippen LogP contribution in [0.15, 0.2) is 23.8 Å². The van der Waals surface area contributed by atoms with E-state index >= 15 is 0 Å². The van der Waals surface area contributed by atoms with Crippen LogP contribution in [0.1, 0.15) is 79.1 Å². The van der Waals surface area contributed by atoms with Gasteiger partial charge < -0.3 is 25.8 Å². The smallest absolute Gasteiger partial charge is 0.308 e. The first-order valence-electron chi connectivity index (χ1n) is 13.4. The van der Waals surface area contributed by atoms with E-state index in [1.807, 2.05) is 32.1 Å². The fourth-order valence-corrected chi connectivity index (χ4v) is 6.13. The third-order valence-electron chi connectivity index (χ3n) is 8.00. The van der Waals surface area contributed by atoms with Gasteiger partial charge in [0.15, 0.2) is 0 Å². The topological polar surface area (TPSA) is 130 Å². The Bertz CT molecular complexity index is 750. The number of carboxylic acids is 1. The number of nitrogens with two attached hydrogens (primary N) is 1. The second kappa shape index (κ2) is 14.1. The largest absolute Gasteiger partial charge is 0.481 e. The number of hydrogen-bond acceptors (Lipinski definition) is 6. The van der Waals surface area contributed by atoms with Crippen molar-refractivity contribution in [3.8, 4) is 0 Å². The lowest BCUT2D eigenvalue weighted by Gasteiger charge is -2.28. The molecular weight excluding hydrogens is 446 g/mol. The number of allylic oxidation sites excluding steroid dienone is 2. The standard InChI is InChI=1S/C28H47NO6/c1-17-12-18(2)14-20(4)27(32)21(16-29)8-5-6-11-25(22-9-7-10-23(22)28(33)34)35-26(31)15-24(30)19(3)13-17/h5-6,8,17-20,22-25,27,30,32H,7,9-16,29H2,1-4H3,(H,33,34)/b6-5+,21-8+/t17-,18-,19-,20-,22+,23+,24-,25-,27+/m0/s1. The summed E-state index contributed by atoms with van der Waals surface area (Å²) in [6.45, 7) is 8.61. The van der Waals surface area contributed by atoms with E-state index in [4.69, 9.17) is 10.5 Å². The van der Waals surface area contributed by atoms with E-state index in [9.17, 15) is 24.9 Å². The molecule has 5 N–H and O–H groups in total. The number of aliphatic hydroxyl groups excluding tert-OH is 2. The third-order valence-corrected chi connectivity index (χ3v) is 8.00. The van der Waals surface area contributed by atoms with E-state index in [-0.39, 0.29) is 30.7 Å². The van der Waals surface area contributed by atoms with Gasteiger partial charge in [0, 0.05) is 18.9 Å². The molecule has 0 bridgehead atoms. The minimum Gasteiger partial charge on any atom is -0.481 e. The SMILES string of the molecule is C[C@H]1C[C@H](C)C[C@H](C)[C@@H](O)/C(CN)=C/C=C/C[C@@H]([C@@H]2CCC[C@H]2C(=O)O)OC(=O)C[C@H](O)[C@@H](C)C1. The summed E-state index contributed by atoms with van der Waals surface area (Å²) in [5.41, 5.74) is 6.69. The van der Waals surface area contributed by atoms with Crippen molar-refractivity contribution in [2.24, 2.45) is 41.2 Å². The monoisotopic (exact) mass is 493 g/mol. The molecule has 1 aliphatic carbocycles. The van der Waals surface area contributed by atoms with Gasteiger partial charge in [-0.05, 0) is 61.3 Å². The van der Waals surface area contributed by atoms with Gasteiger partial charge in [-0.25, -0.2) is 0 Å². The summed E-state index contributed by atoms with van der Waals surface area (Å²) in [7, 11) is 0. The van der Waals surface area contributed by atoms with Crippen LogP contribution in [0.3, 0.4) is 0 Å². The number of carbonyl (C=O) groups excluding carboxylic acids is 1.